The maximum absolute atomic E-state index is 13.3. The maximum atomic E-state index is 13.3. The SMILES string of the molecule is C=C(/N=C\C(C#N)=C/C)N1CCC(N(c2ccc(OC(F)P)cc2)c2cnccc2OC2CC2)CC1. The van der Waals surface area contributed by atoms with E-state index >= 15 is 0 Å². The Kier molecular flexibility index (Phi) is 8.56. The highest BCUT2D eigenvalue weighted by Gasteiger charge is 2.31. The molecule has 1 aromatic carbocycles. The Morgan fingerprint density at radius 1 is 1.28 bits per heavy atom. The molecule has 1 aliphatic heterocycles. The van der Waals surface area contributed by atoms with Crippen molar-refractivity contribution in [1.82, 2.24) is 9.88 Å². The fourth-order valence-corrected chi connectivity index (χ4v) is 4.31. The smallest absolute Gasteiger partial charge is 0.249 e. The monoisotopic (exact) mass is 507 g/mol. The predicted molar refractivity (Wildman–Crippen MR) is 143 cm³/mol. The van der Waals surface area contributed by atoms with Gasteiger partial charge in [0, 0.05) is 43.3 Å². The van der Waals surface area contributed by atoms with Gasteiger partial charge < -0.3 is 19.3 Å². The van der Waals surface area contributed by atoms with Crippen molar-refractivity contribution < 1.29 is 13.9 Å². The Balaban J connectivity index is 1.55. The van der Waals surface area contributed by atoms with Crippen LogP contribution in [0, 0.1) is 11.3 Å². The van der Waals surface area contributed by atoms with Crippen molar-refractivity contribution >= 4 is 26.8 Å². The van der Waals surface area contributed by atoms with Crippen LogP contribution >= 0.6 is 9.24 Å². The Bertz CT molecular complexity index is 1150. The zero-order chi connectivity index (χ0) is 25.5. The molecule has 0 spiro atoms. The van der Waals surface area contributed by atoms with Crippen LogP contribution in [-0.4, -0.2) is 47.4 Å². The van der Waals surface area contributed by atoms with Gasteiger partial charge in [-0.2, -0.15) is 9.65 Å². The summed E-state index contributed by atoms with van der Waals surface area (Å²) in [4.78, 5) is 13.2. The van der Waals surface area contributed by atoms with Crippen LogP contribution in [0.2, 0.25) is 0 Å². The fraction of sp³-hybridized carbons (Fsp3) is 0.370. The molecule has 36 heavy (non-hydrogen) atoms. The number of halogens is 1. The highest BCUT2D eigenvalue weighted by Crippen LogP contribution is 2.40. The van der Waals surface area contributed by atoms with Crippen molar-refractivity contribution in [2.75, 3.05) is 18.0 Å². The number of nitriles is 1. The van der Waals surface area contributed by atoms with Gasteiger partial charge in [0.1, 0.15) is 29.1 Å². The summed E-state index contributed by atoms with van der Waals surface area (Å²) in [7, 11) is 1.99. The second-order valence-corrected chi connectivity index (χ2v) is 9.27. The molecule has 1 saturated carbocycles. The highest BCUT2D eigenvalue weighted by molar-refractivity contribution is 7.16. The van der Waals surface area contributed by atoms with Crippen molar-refractivity contribution in [1.29, 1.82) is 5.26 Å². The van der Waals surface area contributed by atoms with E-state index in [0.29, 0.717) is 17.1 Å². The summed E-state index contributed by atoms with van der Waals surface area (Å²) >= 11 is 0. The number of likely N-dealkylation sites (tertiary alicyclic amines) is 1. The van der Waals surface area contributed by atoms with Crippen molar-refractivity contribution in [3.8, 4) is 17.6 Å². The minimum atomic E-state index is -1.46. The summed E-state index contributed by atoms with van der Waals surface area (Å²) in [5.74, 6) is 1.92. The molecular weight excluding hydrogens is 476 g/mol. The number of alkyl halides is 1. The van der Waals surface area contributed by atoms with Crippen LogP contribution in [0.5, 0.6) is 11.5 Å². The first-order valence-corrected chi connectivity index (χ1v) is 12.8. The second-order valence-electron chi connectivity index (χ2n) is 8.74. The van der Waals surface area contributed by atoms with E-state index in [0.717, 1.165) is 55.9 Å². The van der Waals surface area contributed by atoms with Gasteiger partial charge in [0.25, 0.3) is 0 Å². The molecule has 2 heterocycles. The first kappa shape index (κ1) is 25.7. The lowest BCUT2D eigenvalue weighted by molar-refractivity contribution is 0.153. The maximum Gasteiger partial charge on any atom is 0.249 e. The Labute approximate surface area is 214 Å². The van der Waals surface area contributed by atoms with Gasteiger partial charge in [0.2, 0.25) is 6.10 Å². The minimum Gasteiger partial charge on any atom is -0.488 e. The van der Waals surface area contributed by atoms with E-state index in [2.05, 4.69) is 32.4 Å². The molecule has 2 aliphatic rings. The topological polar surface area (TPSA) is 74.0 Å². The van der Waals surface area contributed by atoms with E-state index in [1.165, 1.54) is 0 Å². The molecule has 1 aliphatic carbocycles. The molecule has 1 saturated heterocycles. The summed E-state index contributed by atoms with van der Waals surface area (Å²) in [5, 5.41) is 9.10. The third kappa shape index (κ3) is 6.61. The standard InChI is InChI=1S/C27H31FN5O2P/c1-3-20(16-29)17-31-19(2)32-14-11-22(12-15-32)33(21-4-6-24(7-5-21)35-27(28)36)25-18-30-13-10-26(25)34-23-8-9-23/h3-7,10,13,17-18,22-23,27H,2,8-9,11-12,14-15,36H2,1H3/b20-3-,31-17-. The molecule has 7 nitrogen and oxygen atoms in total. The van der Waals surface area contributed by atoms with E-state index in [-0.39, 0.29) is 12.1 Å². The molecule has 0 amide bonds. The van der Waals surface area contributed by atoms with E-state index in [1.54, 1.807) is 30.6 Å². The van der Waals surface area contributed by atoms with Gasteiger partial charge in [-0.3, -0.25) is 4.98 Å². The van der Waals surface area contributed by atoms with E-state index in [1.807, 2.05) is 40.6 Å². The molecule has 2 unspecified atom stereocenters. The fourth-order valence-electron chi connectivity index (χ4n) is 4.16. The lowest BCUT2D eigenvalue weighted by atomic mass is 10.0. The van der Waals surface area contributed by atoms with Gasteiger partial charge in [-0.05, 0) is 56.9 Å². The normalized spacial score (nSPS) is 17.5. The number of hydrogen-bond donors (Lipinski definition) is 0. The summed E-state index contributed by atoms with van der Waals surface area (Å²) < 4.78 is 24.7. The summed E-state index contributed by atoms with van der Waals surface area (Å²) in [5.41, 5.74) is 2.37. The molecule has 4 rings (SSSR count). The van der Waals surface area contributed by atoms with E-state index in [9.17, 15) is 4.39 Å². The first-order chi connectivity index (χ1) is 17.5. The van der Waals surface area contributed by atoms with Crippen molar-refractivity contribution in [2.24, 2.45) is 4.99 Å². The third-order valence-electron chi connectivity index (χ3n) is 6.19. The summed E-state index contributed by atoms with van der Waals surface area (Å²) in [6.07, 6.45) is 9.52. The summed E-state index contributed by atoms with van der Waals surface area (Å²) in [6, 6.07) is 11.6. The van der Waals surface area contributed by atoms with Gasteiger partial charge >= 0.3 is 0 Å². The number of aromatic nitrogens is 1. The molecule has 9 heteroatoms. The zero-order valence-corrected chi connectivity index (χ0v) is 21.5. The Hall–Kier alpha value is -3.43. The van der Waals surface area contributed by atoms with Crippen LogP contribution in [-0.2, 0) is 0 Å². The van der Waals surface area contributed by atoms with E-state index in [4.69, 9.17) is 14.7 Å². The predicted octanol–water partition coefficient (Wildman–Crippen LogP) is 5.74. The van der Waals surface area contributed by atoms with Crippen LogP contribution in [0.4, 0.5) is 15.8 Å². The quantitative estimate of drug-likeness (QED) is 0.232. The van der Waals surface area contributed by atoms with Gasteiger partial charge in [-0.1, -0.05) is 21.9 Å². The first-order valence-electron chi connectivity index (χ1n) is 12.1. The van der Waals surface area contributed by atoms with Crippen LogP contribution < -0.4 is 14.4 Å². The number of allylic oxidation sites excluding steroid dienone is 2. The average Bonchev–Trinajstić information content (AvgIpc) is 3.71. The molecule has 0 N–H and O–H groups in total. The number of nitrogens with zero attached hydrogens (tertiary/aromatic N) is 5. The number of benzene rings is 1. The molecule has 1 aromatic heterocycles. The van der Waals surface area contributed by atoms with Gasteiger partial charge in [0.05, 0.1) is 17.9 Å². The van der Waals surface area contributed by atoms with Crippen molar-refractivity contribution in [3.63, 3.8) is 0 Å². The number of aliphatic imine (C=N–C) groups is 1. The molecule has 2 fully saturated rings. The Morgan fingerprint density at radius 3 is 2.61 bits per heavy atom. The third-order valence-corrected chi connectivity index (χ3v) is 6.33. The number of pyridine rings is 1. The lowest BCUT2D eigenvalue weighted by Gasteiger charge is -2.40. The minimum absolute atomic E-state index is 0.177. The van der Waals surface area contributed by atoms with Gasteiger partial charge in [0.15, 0.2) is 0 Å². The van der Waals surface area contributed by atoms with Crippen LogP contribution in [0.25, 0.3) is 0 Å². The van der Waals surface area contributed by atoms with E-state index < -0.39 is 6.10 Å². The molecule has 0 radical (unpaired) electrons. The lowest BCUT2D eigenvalue weighted by Crippen LogP contribution is -2.42. The molecule has 2 atom stereocenters. The summed E-state index contributed by atoms with van der Waals surface area (Å²) in [6.45, 7) is 7.44. The largest absolute Gasteiger partial charge is 0.488 e. The average molecular weight is 508 g/mol. The number of rotatable bonds is 10. The second kappa shape index (κ2) is 12.0. The van der Waals surface area contributed by atoms with Crippen LogP contribution in [0.3, 0.4) is 0 Å². The number of piperidine rings is 1. The van der Waals surface area contributed by atoms with Crippen molar-refractivity contribution in [2.45, 2.75) is 50.9 Å². The highest BCUT2D eigenvalue weighted by atomic mass is 31.0. The number of hydrogen-bond acceptors (Lipinski definition) is 7. The zero-order valence-electron chi connectivity index (χ0n) is 20.4. The number of ether oxygens (including phenoxy) is 2. The Morgan fingerprint density at radius 2 is 2.00 bits per heavy atom. The van der Waals surface area contributed by atoms with Crippen LogP contribution in [0.1, 0.15) is 32.6 Å². The molecular formula is C27H31FN5O2P. The van der Waals surface area contributed by atoms with Gasteiger partial charge in [-0.25, -0.2) is 4.99 Å². The van der Waals surface area contributed by atoms with Crippen molar-refractivity contribution in [3.05, 3.63) is 66.8 Å². The van der Waals surface area contributed by atoms with Gasteiger partial charge in [-0.15, -0.1) is 0 Å². The van der Waals surface area contributed by atoms with Crippen LogP contribution in [0.15, 0.2) is 71.8 Å². The molecule has 0 bridgehead atoms. The molecule has 188 valence electrons. The number of anilines is 2. The molecule has 2 aromatic rings.